The molecule has 0 saturated carbocycles. The van der Waals surface area contributed by atoms with E-state index in [1.54, 1.807) is 18.2 Å². The van der Waals surface area contributed by atoms with Gasteiger partial charge in [0, 0.05) is 25.7 Å². The van der Waals surface area contributed by atoms with E-state index in [2.05, 4.69) is 10.6 Å². The number of nitrogens with zero attached hydrogens (tertiary/aromatic N) is 3. The van der Waals surface area contributed by atoms with Crippen molar-refractivity contribution in [3.05, 3.63) is 59.2 Å². The molecule has 4 bridgehead atoms. The summed E-state index contributed by atoms with van der Waals surface area (Å²) in [4.78, 5) is 66.7. The van der Waals surface area contributed by atoms with Crippen LogP contribution in [0.2, 0.25) is 0 Å². The van der Waals surface area contributed by atoms with E-state index < -0.39 is 35.9 Å². The van der Waals surface area contributed by atoms with Gasteiger partial charge in [0.05, 0.1) is 31.8 Å². The average Bonchev–Trinajstić information content (AvgIpc) is 3.24. The van der Waals surface area contributed by atoms with Crippen LogP contribution >= 0.6 is 0 Å². The van der Waals surface area contributed by atoms with Gasteiger partial charge in [0.25, 0.3) is 11.8 Å². The molecule has 0 radical (unpaired) electrons. The molecule has 40 heavy (non-hydrogen) atoms. The Balaban J connectivity index is 1.37. The van der Waals surface area contributed by atoms with E-state index in [0.29, 0.717) is 30.0 Å². The predicted octanol–water partition coefficient (Wildman–Crippen LogP) is 1.03. The molecule has 0 spiro atoms. The van der Waals surface area contributed by atoms with Gasteiger partial charge >= 0.3 is 6.03 Å². The number of fused-ring (bicyclic) bond motifs is 5. The molecule has 3 aliphatic heterocycles. The van der Waals surface area contributed by atoms with Crippen LogP contribution in [0.25, 0.3) is 0 Å². The molecule has 12 heteroatoms. The number of likely N-dealkylation sites (N-methyl/N-ethyl adjacent to an activating group) is 1. The number of imide groups is 1. The number of hydrogen-bond donors (Lipinski definition) is 2. The smallest absolute Gasteiger partial charge is 0.325 e. The first-order valence-corrected chi connectivity index (χ1v) is 13.1. The highest BCUT2D eigenvalue weighted by Crippen LogP contribution is 2.28. The number of benzene rings is 2. The van der Waals surface area contributed by atoms with Crippen LogP contribution in [0.3, 0.4) is 0 Å². The number of aryl methyl sites for hydroxylation is 1. The molecular formula is C28H31N5O7. The minimum absolute atomic E-state index is 0.126. The van der Waals surface area contributed by atoms with Crippen LogP contribution in [0, 0.1) is 6.92 Å². The number of piperidine rings is 1. The summed E-state index contributed by atoms with van der Waals surface area (Å²) in [6, 6.07) is 11.4. The Morgan fingerprint density at radius 1 is 1.10 bits per heavy atom. The van der Waals surface area contributed by atoms with Gasteiger partial charge in [-0.2, -0.15) is 0 Å². The number of ether oxygens (including phenoxy) is 2. The summed E-state index contributed by atoms with van der Waals surface area (Å²) in [5.74, 6) is -0.482. The van der Waals surface area contributed by atoms with E-state index >= 15 is 0 Å². The molecule has 2 aromatic carbocycles. The highest BCUT2D eigenvalue weighted by atomic mass is 16.5. The minimum Gasteiger partial charge on any atom is -0.457 e. The monoisotopic (exact) mass is 549 g/mol. The van der Waals surface area contributed by atoms with E-state index in [4.69, 9.17) is 9.47 Å². The quantitative estimate of drug-likeness (QED) is 0.534. The summed E-state index contributed by atoms with van der Waals surface area (Å²) in [5, 5.41) is 5.33. The first-order valence-electron chi connectivity index (χ1n) is 13.1. The number of rotatable bonds is 2. The molecule has 3 heterocycles. The molecule has 6 amide bonds. The summed E-state index contributed by atoms with van der Waals surface area (Å²) in [7, 11) is 1.54. The lowest BCUT2D eigenvalue weighted by Crippen LogP contribution is -2.59. The normalized spacial score (nSPS) is 21.9. The number of carbonyl (C=O) groups is 5. The van der Waals surface area contributed by atoms with Crippen molar-refractivity contribution < 1.29 is 33.4 Å². The number of carbonyl (C=O) groups excluding carboxylic acids is 5. The highest BCUT2D eigenvalue weighted by Gasteiger charge is 2.36. The summed E-state index contributed by atoms with van der Waals surface area (Å²) >= 11 is 0. The Bertz CT molecular complexity index is 1350. The second-order valence-corrected chi connectivity index (χ2v) is 10.2. The SMILES string of the molecule is Cc1ccc2cc1Oc1cccc(c1)CO[C@@H]1CCN(C(=O)CN3C(=O)CNC3=O)C[C@@H]1NC(=O)CN(C)C2=O. The molecule has 2 saturated heterocycles. The third-order valence-electron chi connectivity index (χ3n) is 7.23. The van der Waals surface area contributed by atoms with Crippen molar-refractivity contribution in [2.24, 2.45) is 0 Å². The summed E-state index contributed by atoms with van der Waals surface area (Å²) in [5.41, 5.74) is 2.10. The van der Waals surface area contributed by atoms with Crippen molar-refractivity contribution in [3.8, 4) is 11.5 Å². The lowest BCUT2D eigenvalue weighted by atomic mass is 10.0. The maximum absolute atomic E-state index is 13.1. The zero-order valence-corrected chi connectivity index (χ0v) is 22.3. The van der Waals surface area contributed by atoms with Crippen molar-refractivity contribution in [3.63, 3.8) is 0 Å². The maximum Gasteiger partial charge on any atom is 0.325 e. The van der Waals surface area contributed by atoms with Crippen LogP contribution in [0.4, 0.5) is 4.79 Å². The van der Waals surface area contributed by atoms with Gasteiger partial charge in [0.2, 0.25) is 11.8 Å². The number of amides is 6. The zero-order valence-electron chi connectivity index (χ0n) is 22.3. The van der Waals surface area contributed by atoms with Gasteiger partial charge in [-0.05, 0) is 48.7 Å². The van der Waals surface area contributed by atoms with E-state index in [-0.39, 0.29) is 38.7 Å². The van der Waals surface area contributed by atoms with Crippen molar-refractivity contribution >= 4 is 29.7 Å². The fourth-order valence-electron chi connectivity index (χ4n) is 4.98. The van der Waals surface area contributed by atoms with Gasteiger partial charge < -0.3 is 29.9 Å². The fraction of sp³-hybridized carbons (Fsp3) is 0.393. The van der Waals surface area contributed by atoms with Gasteiger partial charge in [-0.25, -0.2) is 4.79 Å². The van der Waals surface area contributed by atoms with Gasteiger partial charge in [0.1, 0.15) is 18.0 Å². The molecule has 2 atom stereocenters. The van der Waals surface area contributed by atoms with Crippen LogP contribution in [0.5, 0.6) is 11.5 Å². The maximum atomic E-state index is 13.1. The Morgan fingerprint density at radius 3 is 2.70 bits per heavy atom. The molecule has 3 aliphatic rings. The highest BCUT2D eigenvalue weighted by molar-refractivity contribution is 6.04. The number of nitrogens with one attached hydrogen (secondary N) is 2. The molecule has 2 N–H and O–H groups in total. The molecule has 5 rings (SSSR count). The molecular weight excluding hydrogens is 518 g/mol. The Hall–Kier alpha value is -4.45. The first-order chi connectivity index (χ1) is 19.2. The fourth-order valence-corrected chi connectivity index (χ4v) is 4.98. The molecule has 210 valence electrons. The summed E-state index contributed by atoms with van der Waals surface area (Å²) in [6.45, 7) is 1.88. The summed E-state index contributed by atoms with van der Waals surface area (Å²) in [6.07, 6.45) is 0.00382. The van der Waals surface area contributed by atoms with E-state index in [9.17, 15) is 24.0 Å². The van der Waals surface area contributed by atoms with Crippen molar-refractivity contribution in [1.29, 1.82) is 0 Å². The molecule has 2 aromatic rings. The molecule has 0 unspecified atom stereocenters. The van der Waals surface area contributed by atoms with Gasteiger partial charge in [0.15, 0.2) is 0 Å². The van der Waals surface area contributed by atoms with E-state index in [1.165, 1.54) is 16.8 Å². The van der Waals surface area contributed by atoms with Crippen LogP contribution < -0.4 is 15.4 Å². The van der Waals surface area contributed by atoms with Crippen LogP contribution in [0.1, 0.15) is 27.9 Å². The molecule has 0 aliphatic carbocycles. The second kappa shape index (κ2) is 11.3. The van der Waals surface area contributed by atoms with Crippen molar-refractivity contribution in [2.75, 3.05) is 39.8 Å². The number of urea groups is 1. The third-order valence-corrected chi connectivity index (χ3v) is 7.23. The average molecular weight is 550 g/mol. The van der Waals surface area contributed by atoms with E-state index in [1.807, 2.05) is 31.2 Å². The minimum atomic E-state index is -0.603. The molecule has 12 nitrogen and oxygen atoms in total. The van der Waals surface area contributed by atoms with Crippen molar-refractivity contribution in [1.82, 2.24) is 25.3 Å². The topological polar surface area (TPSA) is 138 Å². The zero-order chi connectivity index (χ0) is 28.4. The van der Waals surface area contributed by atoms with Gasteiger partial charge in [-0.1, -0.05) is 18.2 Å². The largest absolute Gasteiger partial charge is 0.457 e. The van der Waals surface area contributed by atoms with Crippen LogP contribution in [0.15, 0.2) is 42.5 Å². The molecule has 2 fully saturated rings. The summed E-state index contributed by atoms with van der Waals surface area (Å²) < 4.78 is 12.3. The van der Waals surface area contributed by atoms with Crippen LogP contribution in [-0.2, 0) is 25.7 Å². The molecule has 0 aromatic heterocycles. The Kier molecular flexibility index (Phi) is 7.69. The van der Waals surface area contributed by atoms with Crippen LogP contribution in [-0.4, -0.2) is 96.3 Å². The third kappa shape index (κ3) is 5.91. The standard InChI is InChI=1S/C28H31N5O7/c1-17-6-7-19-11-23(17)40-20-5-3-4-18(10-20)16-39-22-8-9-32(26(36)15-33-25(35)12-29-28(33)38)13-21(22)30-24(34)14-31(2)27(19)37/h3-7,10-11,21-22H,8-9,12-16H2,1-2H3,(H,29,38)(H,30,34)/t21-,22+/m0/s1. The first kappa shape index (κ1) is 27.1. The Morgan fingerprint density at radius 2 is 1.93 bits per heavy atom. The second-order valence-electron chi connectivity index (χ2n) is 10.2. The van der Waals surface area contributed by atoms with Crippen molar-refractivity contribution in [2.45, 2.75) is 32.1 Å². The van der Waals surface area contributed by atoms with Gasteiger partial charge in [-0.15, -0.1) is 0 Å². The van der Waals surface area contributed by atoms with Gasteiger partial charge in [-0.3, -0.25) is 24.1 Å². The van der Waals surface area contributed by atoms with E-state index in [0.717, 1.165) is 16.0 Å². The number of hydrogen-bond acceptors (Lipinski definition) is 7. The number of likely N-dealkylation sites (tertiary alicyclic amines) is 1. The predicted molar refractivity (Wildman–Crippen MR) is 141 cm³/mol. The Labute approximate surface area is 231 Å². The lowest BCUT2D eigenvalue weighted by molar-refractivity contribution is -0.140. The lowest BCUT2D eigenvalue weighted by Gasteiger charge is -2.39.